The van der Waals surface area contributed by atoms with Crippen molar-refractivity contribution in [3.05, 3.63) is 69.8 Å². The van der Waals surface area contributed by atoms with E-state index in [0.29, 0.717) is 18.5 Å². The number of imide groups is 1. The van der Waals surface area contributed by atoms with Gasteiger partial charge in [0, 0.05) is 12.1 Å². The summed E-state index contributed by atoms with van der Waals surface area (Å²) in [6.07, 6.45) is 0.417. The van der Waals surface area contributed by atoms with E-state index in [1.54, 1.807) is 0 Å². The van der Waals surface area contributed by atoms with E-state index in [9.17, 15) is 14.4 Å². The third-order valence-electron chi connectivity index (χ3n) is 4.76. The molecule has 1 aliphatic heterocycles. The molecule has 6 heteroatoms. The lowest BCUT2D eigenvalue weighted by Gasteiger charge is -2.12. The van der Waals surface area contributed by atoms with Gasteiger partial charge in [0.25, 0.3) is 11.1 Å². The molecule has 1 atom stereocenters. The maximum absolute atomic E-state index is 12.6. The molecule has 2 aromatic rings. The number of hydrogen-bond acceptors (Lipinski definition) is 4. The molecular weight excluding hydrogens is 360 g/mol. The summed E-state index contributed by atoms with van der Waals surface area (Å²) in [6, 6.07) is 11.7. The van der Waals surface area contributed by atoms with Gasteiger partial charge in [-0.25, -0.2) is 0 Å². The van der Waals surface area contributed by atoms with E-state index in [4.69, 9.17) is 0 Å². The molecule has 0 spiro atoms. The zero-order valence-corrected chi connectivity index (χ0v) is 16.4. The second-order valence-corrected chi connectivity index (χ2v) is 8.01. The highest BCUT2D eigenvalue weighted by Gasteiger charge is 2.31. The summed E-state index contributed by atoms with van der Waals surface area (Å²) in [5, 5.41) is 4.50. The van der Waals surface area contributed by atoms with E-state index in [1.807, 2.05) is 37.3 Å². The number of nitrogens with one attached hydrogen (secondary N) is 2. The van der Waals surface area contributed by atoms with Crippen molar-refractivity contribution >= 4 is 28.8 Å². The van der Waals surface area contributed by atoms with Gasteiger partial charge in [-0.2, -0.15) is 0 Å². The summed E-state index contributed by atoms with van der Waals surface area (Å²) in [5.74, 6) is -0.418. The van der Waals surface area contributed by atoms with Crippen LogP contribution in [-0.2, 0) is 17.8 Å². The minimum atomic E-state index is -0.438. The molecule has 0 bridgehead atoms. The standard InChI is InChI=1S/C21H22N2O3S/c1-12-4-7-16(8-14(12)3)11-22-19(24)17-9-15(6-5-13(17)2)10-18-20(25)23-21(26)27-18/h4-9,18H,10-11H2,1-3H3,(H,22,24)(H,23,25,26). The number of rotatable bonds is 5. The molecule has 1 unspecified atom stereocenters. The molecule has 2 N–H and O–H groups in total. The lowest BCUT2D eigenvalue weighted by atomic mass is 10.0. The maximum Gasteiger partial charge on any atom is 0.286 e. The van der Waals surface area contributed by atoms with Gasteiger partial charge < -0.3 is 5.32 Å². The largest absolute Gasteiger partial charge is 0.348 e. The smallest absolute Gasteiger partial charge is 0.286 e. The molecule has 1 aliphatic rings. The second-order valence-electron chi connectivity index (χ2n) is 6.84. The molecule has 0 saturated carbocycles. The average Bonchev–Trinajstić information content (AvgIpc) is 2.94. The van der Waals surface area contributed by atoms with Crippen LogP contribution in [-0.4, -0.2) is 22.3 Å². The number of carbonyl (C=O) groups excluding carboxylic acids is 3. The van der Waals surface area contributed by atoms with Gasteiger partial charge in [0.2, 0.25) is 5.91 Å². The number of thioether (sulfide) groups is 1. The SMILES string of the molecule is Cc1ccc(CNC(=O)c2cc(CC3SC(=O)NC3=O)ccc2C)cc1C. The van der Waals surface area contributed by atoms with Crippen molar-refractivity contribution in [3.63, 3.8) is 0 Å². The quantitative estimate of drug-likeness (QED) is 0.831. The van der Waals surface area contributed by atoms with Crippen molar-refractivity contribution in [1.29, 1.82) is 0 Å². The van der Waals surface area contributed by atoms with E-state index >= 15 is 0 Å². The molecule has 1 fully saturated rings. The minimum Gasteiger partial charge on any atom is -0.348 e. The van der Waals surface area contributed by atoms with Crippen LogP contribution in [0.2, 0.25) is 0 Å². The topological polar surface area (TPSA) is 75.3 Å². The fraction of sp³-hybridized carbons (Fsp3) is 0.286. The molecule has 1 heterocycles. The van der Waals surface area contributed by atoms with Gasteiger partial charge >= 0.3 is 0 Å². The summed E-state index contributed by atoms with van der Waals surface area (Å²) in [5.41, 5.74) is 5.79. The monoisotopic (exact) mass is 382 g/mol. The number of benzene rings is 2. The Hall–Kier alpha value is -2.60. The predicted molar refractivity (Wildman–Crippen MR) is 107 cm³/mol. The molecule has 0 radical (unpaired) electrons. The van der Waals surface area contributed by atoms with Crippen LogP contribution >= 0.6 is 11.8 Å². The summed E-state index contributed by atoms with van der Waals surface area (Å²) < 4.78 is 0. The maximum atomic E-state index is 12.6. The van der Waals surface area contributed by atoms with Crippen molar-refractivity contribution < 1.29 is 14.4 Å². The fourth-order valence-electron chi connectivity index (χ4n) is 2.97. The first-order valence-corrected chi connectivity index (χ1v) is 9.67. The molecular formula is C21H22N2O3S. The Labute approximate surface area is 162 Å². The van der Waals surface area contributed by atoms with Gasteiger partial charge in [-0.1, -0.05) is 42.1 Å². The van der Waals surface area contributed by atoms with Crippen LogP contribution in [0.25, 0.3) is 0 Å². The summed E-state index contributed by atoms with van der Waals surface area (Å²) in [7, 11) is 0. The Kier molecular flexibility index (Phi) is 5.65. The van der Waals surface area contributed by atoms with Crippen molar-refractivity contribution in [2.45, 2.75) is 39.0 Å². The van der Waals surface area contributed by atoms with Crippen LogP contribution in [0.15, 0.2) is 36.4 Å². The van der Waals surface area contributed by atoms with Gasteiger partial charge in [-0.3, -0.25) is 19.7 Å². The first kappa shape index (κ1) is 19.2. The van der Waals surface area contributed by atoms with Gasteiger partial charge in [0.1, 0.15) is 0 Å². The second kappa shape index (κ2) is 7.96. The minimum absolute atomic E-state index is 0.146. The summed E-state index contributed by atoms with van der Waals surface area (Å²) in [6.45, 7) is 6.45. The Morgan fingerprint density at radius 2 is 1.70 bits per heavy atom. The van der Waals surface area contributed by atoms with Crippen LogP contribution in [0.3, 0.4) is 0 Å². The van der Waals surface area contributed by atoms with Crippen LogP contribution in [0.4, 0.5) is 4.79 Å². The van der Waals surface area contributed by atoms with Crippen molar-refractivity contribution in [2.75, 3.05) is 0 Å². The molecule has 27 heavy (non-hydrogen) atoms. The normalized spacial score (nSPS) is 16.3. The van der Waals surface area contributed by atoms with E-state index in [2.05, 4.69) is 30.5 Å². The number of aryl methyl sites for hydroxylation is 3. The van der Waals surface area contributed by atoms with E-state index < -0.39 is 5.25 Å². The summed E-state index contributed by atoms with van der Waals surface area (Å²) >= 11 is 0.997. The van der Waals surface area contributed by atoms with Crippen LogP contribution < -0.4 is 10.6 Å². The molecule has 0 aliphatic carbocycles. The van der Waals surface area contributed by atoms with E-state index in [-0.39, 0.29) is 17.1 Å². The number of amides is 3. The van der Waals surface area contributed by atoms with Gasteiger partial charge in [-0.05, 0) is 61.1 Å². The molecule has 5 nitrogen and oxygen atoms in total. The van der Waals surface area contributed by atoms with Gasteiger partial charge in [0.15, 0.2) is 0 Å². The van der Waals surface area contributed by atoms with Crippen molar-refractivity contribution in [3.8, 4) is 0 Å². The lowest BCUT2D eigenvalue weighted by Crippen LogP contribution is -2.26. The molecule has 3 rings (SSSR count). The van der Waals surface area contributed by atoms with Crippen molar-refractivity contribution in [1.82, 2.24) is 10.6 Å². The van der Waals surface area contributed by atoms with Crippen molar-refractivity contribution in [2.24, 2.45) is 0 Å². The average molecular weight is 382 g/mol. The fourth-order valence-corrected chi connectivity index (χ4v) is 3.83. The zero-order valence-electron chi connectivity index (χ0n) is 15.6. The third-order valence-corrected chi connectivity index (χ3v) is 5.74. The van der Waals surface area contributed by atoms with Crippen LogP contribution in [0.5, 0.6) is 0 Å². The molecule has 0 aromatic heterocycles. The third kappa shape index (κ3) is 4.57. The Bertz CT molecular complexity index is 924. The van der Waals surface area contributed by atoms with Gasteiger partial charge in [0.05, 0.1) is 5.25 Å². The van der Waals surface area contributed by atoms with Gasteiger partial charge in [-0.15, -0.1) is 0 Å². The Balaban J connectivity index is 1.69. The molecule has 3 amide bonds. The van der Waals surface area contributed by atoms with E-state index in [1.165, 1.54) is 11.1 Å². The predicted octanol–water partition coefficient (Wildman–Crippen LogP) is 3.44. The number of hydrogen-bond donors (Lipinski definition) is 2. The zero-order chi connectivity index (χ0) is 19.6. The summed E-state index contributed by atoms with van der Waals surface area (Å²) in [4.78, 5) is 35.7. The first-order valence-electron chi connectivity index (χ1n) is 8.79. The highest BCUT2D eigenvalue weighted by atomic mass is 32.2. The Morgan fingerprint density at radius 3 is 2.37 bits per heavy atom. The molecule has 140 valence electrons. The number of carbonyl (C=O) groups is 3. The molecule has 2 aromatic carbocycles. The molecule has 1 saturated heterocycles. The lowest BCUT2D eigenvalue weighted by molar-refractivity contribution is -0.118. The van der Waals surface area contributed by atoms with Crippen LogP contribution in [0, 0.1) is 20.8 Å². The Morgan fingerprint density at radius 1 is 1.00 bits per heavy atom. The highest BCUT2D eigenvalue weighted by molar-refractivity contribution is 8.15. The van der Waals surface area contributed by atoms with Crippen LogP contribution in [0.1, 0.15) is 38.2 Å². The highest BCUT2D eigenvalue weighted by Crippen LogP contribution is 2.24. The first-order chi connectivity index (χ1) is 12.8. The van der Waals surface area contributed by atoms with E-state index in [0.717, 1.165) is 28.5 Å².